The Morgan fingerprint density at radius 1 is 0.826 bits per heavy atom. The Bertz CT molecular complexity index is 453. The van der Waals surface area contributed by atoms with Crippen LogP contribution in [0.25, 0.3) is 0 Å². The van der Waals surface area contributed by atoms with Crippen LogP contribution in [0, 0.1) is 0 Å². The fourth-order valence-corrected chi connectivity index (χ4v) is 1.82. The number of nitrogens with one attached hydrogen (secondary N) is 2. The third-order valence-corrected chi connectivity index (χ3v) is 3.20. The monoisotopic (exact) mass is 384 g/mol. The predicted octanol–water partition coefficient (Wildman–Crippen LogP) is 3.08. The zero-order chi connectivity index (χ0) is 18.5. The van der Waals surface area contributed by atoms with Gasteiger partial charge in [-0.05, 0) is 0 Å². The van der Waals surface area contributed by atoms with Gasteiger partial charge >= 0.3 is 35.6 Å². The minimum Gasteiger partial charge on any atom is -0.337 e. The summed E-state index contributed by atoms with van der Waals surface area (Å²) in [5, 5.41) is 1.99. The van der Waals surface area contributed by atoms with Gasteiger partial charge in [-0.3, -0.25) is 0 Å². The number of carbonyl (C=O) groups excluding carboxylic acids is 1. The van der Waals surface area contributed by atoms with E-state index < -0.39 is 48.2 Å². The Labute approximate surface area is 126 Å². The van der Waals surface area contributed by atoms with Crippen molar-refractivity contribution in [3.63, 3.8) is 0 Å². The number of carbonyl (C=O) groups is 1. The molecule has 2 N–H and O–H groups in total. The van der Waals surface area contributed by atoms with Gasteiger partial charge in [-0.15, -0.1) is 11.6 Å². The molecule has 0 aromatic heterocycles. The van der Waals surface area contributed by atoms with Crippen molar-refractivity contribution < 1.29 is 48.7 Å². The zero-order valence-electron chi connectivity index (χ0n) is 10.6. The molecule has 1 aliphatic rings. The molecule has 0 spiro atoms. The second-order valence-electron chi connectivity index (χ2n) is 4.49. The Balaban J connectivity index is 3.36. The number of alkyl halides is 11. The topological polar surface area (TPSA) is 41.1 Å². The van der Waals surface area contributed by atoms with E-state index in [1.165, 1.54) is 5.32 Å². The minimum atomic E-state index is -7.06. The fourth-order valence-electron chi connectivity index (χ4n) is 1.73. The zero-order valence-corrected chi connectivity index (χ0v) is 11.3. The first kappa shape index (κ1) is 19.9. The number of hydrogen-bond donors (Lipinski definition) is 2. The van der Waals surface area contributed by atoms with Crippen LogP contribution in [0.15, 0.2) is 0 Å². The van der Waals surface area contributed by atoms with Crippen molar-refractivity contribution in [3.05, 3.63) is 0 Å². The summed E-state index contributed by atoms with van der Waals surface area (Å²) in [6, 6.07) is -6.58. The summed E-state index contributed by atoms with van der Waals surface area (Å²) >= 11 is 5.05. The van der Waals surface area contributed by atoms with Crippen LogP contribution in [0.5, 0.6) is 0 Å². The van der Waals surface area contributed by atoms with Gasteiger partial charge in [0.15, 0.2) is 6.04 Å². The van der Waals surface area contributed by atoms with Crippen molar-refractivity contribution in [2.75, 3.05) is 12.4 Å². The van der Waals surface area contributed by atoms with E-state index in [4.69, 9.17) is 11.6 Å². The molecule has 1 fully saturated rings. The van der Waals surface area contributed by atoms with Crippen LogP contribution < -0.4 is 10.6 Å². The summed E-state index contributed by atoms with van der Waals surface area (Å²) < 4.78 is 131. The highest BCUT2D eigenvalue weighted by atomic mass is 35.5. The largest absolute Gasteiger partial charge is 0.384 e. The van der Waals surface area contributed by atoms with Crippen LogP contribution in [0.2, 0.25) is 0 Å². The lowest BCUT2D eigenvalue weighted by Crippen LogP contribution is -2.82. The van der Waals surface area contributed by atoms with Crippen molar-refractivity contribution in [1.29, 1.82) is 0 Å². The highest BCUT2D eigenvalue weighted by Gasteiger charge is 2.95. The molecule has 2 amide bonds. The summed E-state index contributed by atoms with van der Waals surface area (Å²) in [6.45, 7) is -0.528. The number of urea groups is 1. The first-order chi connectivity index (χ1) is 10.1. The molecule has 0 aromatic rings. The van der Waals surface area contributed by atoms with E-state index in [0.29, 0.717) is 5.32 Å². The van der Waals surface area contributed by atoms with Crippen LogP contribution >= 0.6 is 11.6 Å². The minimum absolute atomic E-state index is 0.366. The van der Waals surface area contributed by atoms with E-state index in [-0.39, 0.29) is 5.88 Å². The van der Waals surface area contributed by atoms with E-state index in [1.54, 1.807) is 0 Å². The Morgan fingerprint density at radius 3 is 1.57 bits per heavy atom. The lowest BCUT2D eigenvalue weighted by molar-refractivity contribution is -0.451. The third-order valence-electron chi connectivity index (χ3n) is 3.01. The molecule has 3 nitrogen and oxygen atoms in total. The van der Waals surface area contributed by atoms with Crippen molar-refractivity contribution in [3.8, 4) is 0 Å². The summed E-state index contributed by atoms with van der Waals surface area (Å²) in [7, 11) is 0. The molecule has 0 radical (unpaired) electrons. The van der Waals surface area contributed by atoms with E-state index >= 15 is 0 Å². The summed E-state index contributed by atoms with van der Waals surface area (Å²) in [4.78, 5) is 11.0. The van der Waals surface area contributed by atoms with E-state index in [9.17, 15) is 48.7 Å². The van der Waals surface area contributed by atoms with Gasteiger partial charge in [0.25, 0.3) is 0 Å². The normalized spacial score (nSPS) is 27.3. The average Bonchev–Trinajstić information content (AvgIpc) is 2.40. The smallest absolute Gasteiger partial charge is 0.337 e. The van der Waals surface area contributed by atoms with Crippen LogP contribution in [-0.4, -0.2) is 54.1 Å². The molecule has 14 heteroatoms. The second kappa shape index (κ2) is 5.45. The van der Waals surface area contributed by atoms with Gasteiger partial charge in [-0.25, -0.2) is 4.79 Å². The number of hydrogen-bond acceptors (Lipinski definition) is 1. The first-order valence-electron chi connectivity index (χ1n) is 5.58. The highest BCUT2D eigenvalue weighted by molar-refractivity contribution is 6.18. The van der Waals surface area contributed by atoms with Crippen LogP contribution in [-0.2, 0) is 0 Å². The van der Waals surface area contributed by atoms with Gasteiger partial charge in [0.05, 0.1) is 0 Å². The maximum atomic E-state index is 13.4. The average molecular weight is 385 g/mol. The first-order valence-corrected chi connectivity index (χ1v) is 6.12. The van der Waals surface area contributed by atoms with Gasteiger partial charge in [-0.2, -0.15) is 43.9 Å². The summed E-state index contributed by atoms with van der Waals surface area (Å²) in [5.74, 6) is -33.9. The molecular formula is C9H7ClF10N2O. The molecule has 23 heavy (non-hydrogen) atoms. The molecule has 0 saturated heterocycles. The fraction of sp³-hybridized carbons (Fsp3) is 0.889. The Morgan fingerprint density at radius 2 is 1.22 bits per heavy atom. The molecule has 0 bridgehead atoms. The van der Waals surface area contributed by atoms with E-state index in [2.05, 4.69) is 0 Å². The molecule has 0 atom stereocenters. The van der Waals surface area contributed by atoms with E-state index in [0.717, 1.165) is 0 Å². The maximum absolute atomic E-state index is 13.4. The van der Waals surface area contributed by atoms with Gasteiger partial charge in [0.2, 0.25) is 0 Å². The van der Waals surface area contributed by atoms with Gasteiger partial charge in [-0.1, -0.05) is 0 Å². The molecule has 0 aliphatic heterocycles. The lowest BCUT2D eigenvalue weighted by Gasteiger charge is -2.49. The SMILES string of the molecule is O=C(NCCCl)NC1C(F)(F)C(F)(F)C(F)(F)C(F)(F)C1(F)F. The third kappa shape index (κ3) is 2.47. The predicted molar refractivity (Wildman–Crippen MR) is 55.8 cm³/mol. The number of amides is 2. The van der Waals surface area contributed by atoms with Gasteiger partial charge in [0, 0.05) is 12.4 Å². The van der Waals surface area contributed by atoms with Gasteiger partial charge < -0.3 is 10.6 Å². The van der Waals surface area contributed by atoms with Crippen molar-refractivity contribution >= 4 is 17.6 Å². The Kier molecular flexibility index (Phi) is 4.72. The number of rotatable bonds is 3. The highest BCUT2D eigenvalue weighted by Crippen LogP contribution is 2.64. The second-order valence-corrected chi connectivity index (χ2v) is 4.87. The molecule has 0 heterocycles. The van der Waals surface area contributed by atoms with Crippen LogP contribution in [0.1, 0.15) is 0 Å². The molecular weight excluding hydrogens is 378 g/mol. The lowest BCUT2D eigenvalue weighted by atomic mass is 9.79. The Hall–Kier alpha value is -1.14. The molecule has 136 valence electrons. The molecule has 1 rings (SSSR count). The van der Waals surface area contributed by atoms with Crippen LogP contribution in [0.4, 0.5) is 48.7 Å². The molecule has 1 saturated carbocycles. The maximum Gasteiger partial charge on any atom is 0.384 e. The van der Waals surface area contributed by atoms with Crippen molar-refractivity contribution in [2.45, 2.75) is 35.7 Å². The standard InChI is InChI=1S/C9H7ClF10N2O/c10-1-2-21-4(23)22-3-5(11,12)7(15,16)9(19,20)8(17,18)6(3,13)14/h3H,1-2H2,(H2,21,22,23). The number of halogens is 11. The quantitative estimate of drug-likeness (QED) is 0.570. The molecule has 1 aliphatic carbocycles. The molecule has 0 unspecified atom stereocenters. The van der Waals surface area contributed by atoms with Crippen molar-refractivity contribution in [2.24, 2.45) is 0 Å². The summed E-state index contributed by atoms with van der Waals surface area (Å²) in [6.07, 6.45) is 0. The van der Waals surface area contributed by atoms with Crippen LogP contribution in [0.3, 0.4) is 0 Å². The molecule has 0 aromatic carbocycles. The van der Waals surface area contributed by atoms with E-state index in [1.807, 2.05) is 0 Å². The van der Waals surface area contributed by atoms with Crippen molar-refractivity contribution in [1.82, 2.24) is 10.6 Å². The summed E-state index contributed by atoms with van der Waals surface area (Å²) in [5.41, 5.74) is 0. The van der Waals surface area contributed by atoms with Gasteiger partial charge in [0.1, 0.15) is 0 Å².